The van der Waals surface area contributed by atoms with Gasteiger partial charge in [0.1, 0.15) is 5.82 Å². The van der Waals surface area contributed by atoms with Crippen LogP contribution >= 0.6 is 0 Å². The van der Waals surface area contributed by atoms with Crippen LogP contribution in [0.15, 0.2) is 60.3 Å². The molecule has 3 nitrogen and oxygen atoms in total. The van der Waals surface area contributed by atoms with Gasteiger partial charge < -0.3 is 4.98 Å². The van der Waals surface area contributed by atoms with Gasteiger partial charge in [0.05, 0.1) is 0 Å². The predicted molar refractivity (Wildman–Crippen MR) is 119 cm³/mol. The van der Waals surface area contributed by atoms with E-state index in [-0.39, 0.29) is 0 Å². The van der Waals surface area contributed by atoms with Crippen LogP contribution in [0.25, 0.3) is 17.0 Å². The molecule has 1 aliphatic carbocycles. The van der Waals surface area contributed by atoms with Gasteiger partial charge in [0, 0.05) is 35.9 Å². The first kappa shape index (κ1) is 17.9. The Morgan fingerprint density at radius 1 is 0.931 bits per heavy atom. The molecular formula is C26H25N3. The van der Waals surface area contributed by atoms with Crippen molar-refractivity contribution in [3.8, 4) is 0 Å². The molecule has 29 heavy (non-hydrogen) atoms. The number of aromatic nitrogens is 3. The molecule has 3 heteroatoms. The molecule has 2 aromatic carbocycles. The Kier molecular flexibility index (Phi) is 4.51. The average Bonchev–Trinajstić information content (AvgIpc) is 3.26. The number of hydrogen-bond acceptors (Lipinski definition) is 2. The van der Waals surface area contributed by atoms with Crippen LogP contribution in [0.1, 0.15) is 46.4 Å². The summed E-state index contributed by atoms with van der Waals surface area (Å²) in [4.78, 5) is 12.7. The molecule has 1 aliphatic rings. The minimum absolute atomic E-state index is 0.832. The number of fused-ring (bicyclic) bond motifs is 2. The van der Waals surface area contributed by atoms with Gasteiger partial charge >= 0.3 is 0 Å². The van der Waals surface area contributed by atoms with Gasteiger partial charge in [-0.15, -0.1) is 0 Å². The minimum atomic E-state index is 0.832. The zero-order valence-corrected chi connectivity index (χ0v) is 17.0. The molecular weight excluding hydrogens is 354 g/mol. The lowest BCUT2D eigenvalue weighted by molar-refractivity contribution is 0.836. The first-order valence-electron chi connectivity index (χ1n) is 10.3. The summed E-state index contributed by atoms with van der Waals surface area (Å²) in [6, 6.07) is 17.7. The second-order valence-electron chi connectivity index (χ2n) is 8.22. The van der Waals surface area contributed by atoms with Crippen LogP contribution in [0.5, 0.6) is 0 Å². The molecule has 0 fully saturated rings. The summed E-state index contributed by atoms with van der Waals surface area (Å²) in [6.07, 6.45) is 7.96. The number of nitrogens with zero attached hydrogens (tertiary/aromatic N) is 2. The maximum absolute atomic E-state index is 4.82. The van der Waals surface area contributed by atoms with E-state index in [4.69, 9.17) is 4.98 Å². The molecule has 0 spiro atoms. The van der Waals surface area contributed by atoms with Crippen molar-refractivity contribution in [1.82, 2.24) is 15.0 Å². The Hall–Kier alpha value is -3.20. The summed E-state index contributed by atoms with van der Waals surface area (Å²) in [5, 5.41) is 1.26. The van der Waals surface area contributed by atoms with Gasteiger partial charge in [0.15, 0.2) is 0 Å². The summed E-state index contributed by atoms with van der Waals surface area (Å²) in [7, 11) is 0. The molecule has 0 saturated carbocycles. The van der Waals surface area contributed by atoms with Crippen LogP contribution < -0.4 is 0 Å². The molecule has 4 aromatic rings. The highest BCUT2D eigenvalue weighted by Crippen LogP contribution is 2.26. The standard InChI is InChI=1S/C26H25N3/c1-17-11-21-6-3-19(14-22(21)12-17)5-8-26-27-10-9-24(29-26)16-20-4-7-25-23(15-20)13-18(2)28-25/h3-4,6-7,9-10,12-15,28H,5,8,11,16H2,1-2H3. The van der Waals surface area contributed by atoms with Gasteiger partial charge in [-0.3, -0.25) is 0 Å². The van der Waals surface area contributed by atoms with Gasteiger partial charge in [-0.25, -0.2) is 9.97 Å². The van der Waals surface area contributed by atoms with E-state index in [0.717, 1.165) is 37.2 Å². The molecule has 0 amide bonds. The molecule has 1 N–H and O–H groups in total. The molecule has 2 heterocycles. The fourth-order valence-corrected chi connectivity index (χ4v) is 4.27. The Balaban J connectivity index is 1.29. The molecule has 0 unspecified atom stereocenters. The van der Waals surface area contributed by atoms with Crippen molar-refractivity contribution in [2.45, 2.75) is 39.5 Å². The van der Waals surface area contributed by atoms with Crippen molar-refractivity contribution in [2.24, 2.45) is 0 Å². The largest absolute Gasteiger partial charge is 0.359 e. The van der Waals surface area contributed by atoms with Gasteiger partial charge in [0.2, 0.25) is 0 Å². The molecule has 5 rings (SSSR count). The highest BCUT2D eigenvalue weighted by Gasteiger charge is 2.10. The lowest BCUT2D eigenvalue weighted by Crippen LogP contribution is -2.02. The lowest BCUT2D eigenvalue weighted by Gasteiger charge is -2.06. The van der Waals surface area contributed by atoms with E-state index in [9.17, 15) is 0 Å². The Labute approximate surface area is 171 Å². The zero-order chi connectivity index (χ0) is 19.8. The number of aromatic amines is 1. The van der Waals surface area contributed by atoms with Gasteiger partial charge in [-0.1, -0.05) is 35.9 Å². The predicted octanol–water partition coefficient (Wildman–Crippen LogP) is 5.60. The minimum Gasteiger partial charge on any atom is -0.359 e. The van der Waals surface area contributed by atoms with Crippen molar-refractivity contribution < 1.29 is 0 Å². The third-order valence-corrected chi connectivity index (χ3v) is 5.69. The number of H-pyrrole nitrogens is 1. The van der Waals surface area contributed by atoms with E-state index < -0.39 is 0 Å². The fourth-order valence-electron chi connectivity index (χ4n) is 4.27. The number of aryl methyl sites for hydroxylation is 3. The van der Waals surface area contributed by atoms with Gasteiger partial charge in [-0.05, 0) is 78.6 Å². The Bertz CT molecular complexity index is 1230. The van der Waals surface area contributed by atoms with Crippen molar-refractivity contribution in [3.63, 3.8) is 0 Å². The first-order valence-corrected chi connectivity index (χ1v) is 10.3. The van der Waals surface area contributed by atoms with Crippen LogP contribution in [0.4, 0.5) is 0 Å². The van der Waals surface area contributed by atoms with Crippen LogP contribution in [-0.2, 0) is 25.7 Å². The Morgan fingerprint density at radius 3 is 2.76 bits per heavy atom. The van der Waals surface area contributed by atoms with Crippen LogP contribution in [0.3, 0.4) is 0 Å². The third-order valence-electron chi connectivity index (χ3n) is 5.69. The van der Waals surface area contributed by atoms with Crippen LogP contribution in [0.2, 0.25) is 0 Å². The van der Waals surface area contributed by atoms with Crippen LogP contribution in [-0.4, -0.2) is 15.0 Å². The van der Waals surface area contributed by atoms with Crippen molar-refractivity contribution in [1.29, 1.82) is 0 Å². The molecule has 0 saturated heterocycles. The summed E-state index contributed by atoms with van der Waals surface area (Å²) in [5.41, 5.74) is 10.4. The average molecular weight is 380 g/mol. The summed E-state index contributed by atoms with van der Waals surface area (Å²) in [5.74, 6) is 0.924. The van der Waals surface area contributed by atoms with Crippen molar-refractivity contribution >= 4 is 17.0 Å². The van der Waals surface area contributed by atoms with Crippen molar-refractivity contribution in [2.75, 3.05) is 0 Å². The van der Waals surface area contributed by atoms with Crippen LogP contribution in [0, 0.1) is 6.92 Å². The molecule has 0 atom stereocenters. The second-order valence-corrected chi connectivity index (χ2v) is 8.22. The van der Waals surface area contributed by atoms with E-state index in [2.05, 4.69) is 72.4 Å². The van der Waals surface area contributed by atoms with Crippen molar-refractivity contribution in [3.05, 3.63) is 99.8 Å². The number of benzene rings is 2. The molecule has 0 aliphatic heterocycles. The normalized spacial score (nSPS) is 13.0. The number of hydrogen-bond donors (Lipinski definition) is 1. The smallest absolute Gasteiger partial charge is 0.128 e. The van der Waals surface area contributed by atoms with E-state index in [1.54, 1.807) is 0 Å². The third kappa shape index (κ3) is 3.86. The van der Waals surface area contributed by atoms with E-state index in [1.165, 1.54) is 44.4 Å². The quantitative estimate of drug-likeness (QED) is 0.490. The topological polar surface area (TPSA) is 41.6 Å². The van der Waals surface area contributed by atoms with Gasteiger partial charge in [-0.2, -0.15) is 0 Å². The molecule has 0 bridgehead atoms. The van der Waals surface area contributed by atoms with E-state index in [0.29, 0.717) is 0 Å². The summed E-state index contributed by atoms with van der Waals surface area (Å²) >= 11 is 0. The lowest BCUT2D eigenvalue weighted by atomic mass is 10.0. The van der Waals surface area contributed by atoms with E-state index in [1.807, 2.05) is 12.3 Å². The number of rotatable bonds is 5. The van der Waals surface area contributed by atoms with E-state index >= 15 is 0 Å². The summed E-state index contributed by atoms with van der Waals surface area (Å²) < 4.78 is 0. The van der Waals surface area contributed by atoms with Gasteiger partial charge in [0.25, 0.3) is 0 Å². The zero-order valence-electron chi connectivity index (χ0n) is 17.0. The maximum Gasteiger partial charge on any atom is 0.128 e. The molecule has 0 radical (unpaired) electrons. The second kappa shape index (κ2) is 7.32. The first-order chi connectivity index (χ1) is 14.1. The number of allylic oxidation sites excluding steroid dienone is 1. The SMILES string of the molecule is CC1=Cc2cc(CCc3nccc(Cc4ccc5[nH]c(C)cc5c4)n3)ccc2C1. The number of nitrogens with one attached hydrogen (secondary N) is 1. The molecule has 2 aromatic heterocycles. The maximum atomic E-state index is 4.82. The highest BCUT2D eigenvalue weighted by molar-refractivity contribution is 5.81. The Morgan fingerprint density at radius 2 is 1.83 bits per heavy atom. The highest BCUT2D eigenvalue weighted by atomic mass is 14.9. The monoisotopic (exact) mass is 379 g/mol. The fraction of sp³-hybridized carbons (Fsp3) is 0.231. The summed E-state index contributed by atoms with van der Waals surface area (Å²) in [6.45, 7) is 4.29. The molecule has 144 valence electrons.